The summed E-state index contributed by atoms with van der Waals surface area (Å²) in [5.41, 5.74) is 1.97. The van der Waals surface area contributed by atoms with Gasteiger partial charge >= 0.3 is 0 Å². The van der Waals surface area contributed by atoms with E-state index in [4.69, 9.17) is 4.84 Å². The molecular formula is C5H14N2O2. The number of rotatable bonds is 2. The fourth-order valence-corrected chi connectivity index (χ4v) is 0.329. The second-order valence-electron chi connectivity index (χ2n) is 2.75. The topological polar surface area (TPSA) is 48.8 Å². The highest BCUT2D eigenvalue weighted by atomic mass is 16.9. The summed E-state index contributed by atoms with van der Waals surface area (Å²) < 4.78 is 0. The van der Waals surface area contributed by atoms with Crippen molar-refractivity contribution in [2.75, 3.05) is 7.05 Å². The second kappa shape index (κ2) is 3.12. The van der Waals surface area contributed by atoms with Gasteiger partial charge in [0, 0.05) is 7.05 Å². The van der Waals surface area contributed by atoms with Gasteiger partial charge in [0.15, 0.2) is 0 Å². The Bertz CT molecular complexity index is 79.5. The Hall–Kier alpha value is -0.160. The first-order chi connectivity index (χ1) is 3.95. The molecule has 0 saturated heterocycles. The van der Waals surface area contributed by atoms with E-state index in [1.807, 2.05) is 20.8 Å². The smallest absolute Gasteiger partial charge is 0.122 e. The Labute approximate surface area is 55.3 Å². The number of nitrogens with one attached hydrogen (secondary N) is 2. The van der Waals surface area contributed by atoms with E-state index in [9.17, 15) is 5.21 Å². The van der Waals surface area contributed by atoms with Gasteiger partial charge in [0.1, 0.15) is 5.60 Å². The van der Waals surface area contributed by atoms with Gasteiger partial charge in [-0.25, -0.2) is 0 Å². The molecule has 0 heterocycles. The molecule has 0 fully saturated rings. The first kappa shape index (κ1) is 8.84. The minimum Gasteiger partial charge on any atom is -0.579 e. The van der Waals surface area contributed by atoms with Crippen LogP contribution in [0.15, 0.2) is 0 Å². The molecule has 4 heteroatoms. The lowest BCUT2D eigenvalue weighted by Crippen LogP contribution is -3.13. The van der Waals surface area contributed by atoms with Gasteiger partial charge < -0.3 is 5.21 Å². The lowest BCUT2D eigenvalue weighted by Gasteiger charge is -2.25. The van der Waals surface area contributed by atoms with Crippen LogP contribution in [0.4, 0.5) is 0 Å². The fourth-order valence-electron chi connectivity index (χ4n) is 0.329. The van der Waals surface area contributed by atoms with Crippen LogP contribution >= 0.6 is 0 Å². The lowest BCUT2D eigenvalue weighted by atomic mass is 10.2. The van der Waals surface area contributed by atoms with Gasteiger partial charge in [0.25, 0.3) is 0 Å². The zero-order valence-electron chi connectivity index (χ0n) is 6.32. The predicted molar refractivity (Wildman–Crippen MR) is 34.2 cm³/mol. The maximum absolute atomic E-state index is 10.5. The van der Waals surface area contributed by atoms with E-state index in [1.54, 1.807) is 0 Å². The number of hydrogen-bond acceptors (Lipinski definition) is 3. The summed E-state index contributed by atoms with van der Waals surface area (Å²) in [5.74, 6) is 0. The van der Waals surface area contributed by atoms with Crippen LogP contribution in [0.3, 0.4) is 0 Å². The van der Waals surface area contributed by atoms with E-state index >= 15 is 0 Å². The summed E-state index contributed by atoms with van der Waals surface area (Å²) >= 11 is 0. The molecule has 0 aromatic carbocycles. The van der Waals surface area contributed by atoms with Gasteiger partial charge in [0.05, 0.1) is 0 Å². The molecule has 0 aliphatic rings. The van der Waals surface area contributed by atoms with E-state index in [1.165, 1.54) is 7.05 Å². The summed E-state index contributed by atoms with van der Waals surface area (Å²) in [6.45, 7) is 5.46. The fraction of sp³-hybridized carbons (Fsp3) is 1.00. The van der Waals surface area contributed by atoms with Crippen molar-refractivity contribution >= 4 is 0 Å². The molecule has 1 unspecified atom stereocenters. The minimum absolute atomic E-state index is 0.387. The van der Waals surface area contributed by atoms with Crippen LogP contribution in [0.5, 0.6) is 0 Å². The first-order valence-corrected chi connectivity index (χ1v) is 2.86. The standard InChI is InChI=1S/C5H14N2O2/c1-5(2,3)9-7(8)6-4/h6-7H,1-4H3. The molecule has 0 radical (unpaired) electrons. The summed E-state index contributed by atoms with van der Waals surface area (Å²) in [6, 6.07) is 0. The average Bonchev–Trinajstić information content (AvgIpc) is 1.62. The Morgan fingerprint density at radius 1 is 1.44 bits per heavy atom. The van der Waals surface area contributed by atoms with Gasteiger partial charge in [-0.15, -0.1) is 10.8 Å². The molecule has 0 aromatic heterocycles. The first-order valence-electron chi connectivity index (χ1n) is 2.86. The summed E-state index contributed by atoms with van der Waals surface area (Å²) in [6.07, 6.45) is 0. The quantitative estimate of drug-likeness (QED) is 0.488. The normalized spacial score (nSPS) is 15.7. The molecule has 0 aliphatic carbocycles. The highest BCUT2D eigenvalue weighted by Gasteiger charge is 2.14. The van der Waals surface area contributed by atoms with Crippen molar-refractivity contribution in [1.29, 1.82) is 0 Å². The van der Waals surface area contributed by atoms with E-state index in [0.29, 0.717) is 0 Å². The number of hydrogen-bond donors (Lipinski definition) is 2. The van der Waals surface area contributed by atoms with Crippen LogP contribution in [0.25, 0.3) is 0 Å². The molecule has 0 amide bonds. The third-order valence-electron chi connectivity index (χ3n) is 0.603. The van der Waals surface area contributed by atoms with Gasteiger partial charge in [-0.1, -0.05) is 0 Å². The Morgan fingerprint density at radius 2 is 1.89 bits per heavy atom. The molecule has 0 bridgehead atoms. The molecule has 1 atom stereocenters. The van der Waals surface area contributed by atoms with E-state index < -0.39 is 0 Å². The van der Waals surface area contributed by atoms with Crippen molar-refractivity contribution < 1.29 is 10.2 Å². The summed E-state index contributed by atoms with van der Waals surface area (Å²) in [7, 11) is 1.54. The van der Waals surface area contributed by atoms with Crippen molar-refractivity contribution in [1.82, 2.24) is 5.43 Å². The van der Waals surface area contributed by atoms with Crippen LogP contribution < -0.4 is 10.8 Å². The molecule has 0 rings (SSSR count). The molecular weight excluding hydrogens is 120 g/mol. The third kappa shape index (κ3) is 5.72. The minimum atomic E-state index is -0.389. The Morgan fingerprint density at radius 3 is 2.00 bits per heavy atom. The van der Waals surface area contributed by atoms with Crippen molar-refractivity contribution in [2.45, 2.75) is 26.4 Å². The molecule has 0 saturated carbocycles. The zero-order valence-corrected chi connectivity index (χ0v) is 6.32. The third-order valence-corrected chi connectivity index (χ3v) is 0.603. The van der Waals surface area contributed by atoms with Crippen molar-refractivity contribution in [3.63, 3.8) is 0 Å². The van der Waals surface area contributed by atoms with Crippen LogP contribution in [-0.4, -0.2) is 12.6 Å². The maximum atomic E-state index is 10.5. The molecule has 0 aliphatic heterocycles. The van der Waals surface area contributed by atoms with Gasteiger partial charge in [-0.3, -0.25) is 0 Å². The zero-order chi connectivity index (χ0) is 7.49. The highest BCUT2D eigenvalue weighted by molar-refractivity contribution is 4.53. The summed E-state index contributed by atoms with van der Waals surface area (Å²) in [5, 5.41) is 10.1. The van der Waals surface area contributed by atoms with Gasteiger partial charge in [-0.05, 0) is 20.8 Å². The van der Waals surface area contributed by atoms with E-state index in [2.05, 4.69) is 5.43 Å². The molecule has 2 N–H and O–H groups in total. The predicted octanol–water partition coefficient (Wildman–Crippen LogP) is -0.766. The average molecular weight is 134 g/mol. The van der Waals surface area contributed by atoms with Crippen molar-refractivity contribution in [3.05, 3.63) is 5.21 Å². The monoisotopic (exact) mass is 134 g/mol. The summed E-state index contributed by atoms with van der Waals surface area (Å²) in [4.78, 5) is 4.84. The maximum Gasteiger partial charge on any atom is 0.122 e. The van der Waals surface area contributed by atoms with Crippen LogP contribution in [0.2, 0.25) is 0 Å². The lowest BCUT2D eigenvalue weighted by molar-refractivity contribution is -1.10. The SMILES string of the molecule is CN[NH+]([O-])OC(C)(C)C. The number of quaternary nitrogens is 1. The van der Waals surface area contributed by atoms with Crippen LogP contribution in [0.1, 0.15) is 20.8 Å². The molecule has 0 aromatic rings. The Balaban J connectivity index is 3.47. The van der Waals surface area contributed by atoms with Crippen molar-refractivity contribution in [2.24, 2.45) is 0 Å². The van der Waals surface area contributed by atoms with Crippen LogP contribution in [0, 0.1) is 5.21 Å². The molecule has 9 heavy (non-hydrogen) atoms. The van der Waals surface area contributed by atoms with Gasteiger partial charge in [-0.2, -0.15) is 4.84 Å². The largest absolute Gasteiger partial charge is 0.579 e. The Kier molecular flexibility index (Phi) is 3.07. The highest BCUT2D eigenvalue weighted by Crippen LogP contribution is 2.00. The van der Waals surface area contributed by atoms with E-state index in [-0.39, 0.29) is 10.9 Å². The molecule has 4 nitrogen and oxygen atoms in total. The molecule has 0 spiro atoms. The van der Waals surface area contributed by atoms with Crippen LogP contribution in [-0.2, 0) is 4.84 Å². The van der Waals surface area contributed by atoms with Crippen molar-refractivity contribution in [3.8, 4) is 0 Å². The second-order valence-corrected chi connectivity index (χ2v) is 2.75. The van der Waals surface area contributed by atoms with Gasteiger partial charge in [0.2, 0.25) is 0 Å². The molecule has 56 valence electrons. The van der Waals surface area contributed by atoms with E-state index in [0.717, 1.165) is 0 Å².